The average molecular weight is 583 g/mol. The maximum Gasteiger partial charge on any atom is 0.530 e. The topological polar surface area (TPSA) is 120 Å². The molecule has 0 bridgehead atoms. The molecule has 0 aliphatic carbocycles. The lowest BCUT2D eigenvalue weighted by Crippen LogP contribution is -2.13. The van der Waals surface area contributed by atoms with E-state index in [2.05, 4.69) is 0 Å². The Morgan fingerprint density at radius 3 is 1.64 bits per heavy atom. The summed E-state index contributed by atoms with van der Waals surface area (Å²) >= 11 is 0. The van der Waals surface area contributed by atoms with Gasteiger partial charge in [0.05, 0.1) is 24.4 Å². The molecular formula is C27H36O10P2. The van der Waals surface area contributed by atoms with Crippen LogP contribution in [0.15, 0.2) is 57.7 Å². The van der Waals surface area contributed by atoms with Crippen molar-refractivity contribution in [2.24, 2.45) is 0 Å². The molecule has 0 radical (unpaired) electrons. The average Bonchev–Trinajstić information content (AvgIpc) is 2.76. The molecule has 1 aromatic heterocycles. The molecule has 1 heterocycles. The zero-order valence-electron chi connectivity index (χ0n) is 23.4. The molecule has 214 valence electrons. The van der Waals surface area contributed by atoms with Crippen molar-refractivity contribution in [1.29, 1.82) is 0 Å². The van der Waals surface area contributed by atoms with Crippen molar-refractivity contribution in [2.75, 3.05) is 0 Å². The molecule has 0 atom stereocenters. The van der Waals surface area contributed by atoms with Crippen LogP contribution < -0.4 is 14.5 Å². The van der Waals surface area contributed by atoms with Gasteiger partial charge in [-0.05, 0) is 55.4 Å². The summed E-state index contributed by atoms with van der Waals surface area (Å²) in [7, 11) is -8.37. The second kappa shape index (κ2) is 12.8. The number of hydrogen-bond acceptors (Lipinski definition) is 10. The van der Waals surface area contributed by atoms with Crippen LogP contribution in [0, 0.1) is 0 Å². The van der Waals surface area contributed by atoms with Crippen LogP contribution in [-0.2, 0) is 27.2 Å². The van der Waals surface area contributed by atoms with Gasteiger partial charge in [0, 0.05) is 23.8 Å². The Bertz CT molecular complexity index is 1390. The second-order valence-electron chi connectivity index (χ2n) is 9.83. The second-order valence-corrected chi connectivity index (χ2v) is 12.8. The largest absolute Gasteiger partial charge is 0.530 e. The normalized spacial score (nSPS) is 12.7. The quantitative estimate of drug-likeness (QED) is 0.183. The van der Waals surface area contributed by atoms with Gasteiger partial charge in [-0.25, -0.2) is 9.13 Å². The first-order chi connectivity index (χ1) is 18.2. The molecule has 0 aliphatic rings. The number of phosphoric acid groups is 2. The van der Waals surface area contributed by atoms with E-state index in [1.165, 1.54) is 18.2 Å². The molecule has 3 aromatic rings. The van der Waals surface area contributed by atoms with Gasteiger partial charge in [0.25, 0.3) is 0 Å². The Labute approximate surface area is 228 Å². The van der Waals surface area contributed by atoms with E-state index >= 15 is 0 Å². The summed E-state index contributed by atoms with van der Waals surface area (Å²) in [6, 6.07) is 12.9. The van der Waals surface area contributed by atoms with Gasteiger partial charge >= 0.3 is 15.6 Å². The van der Waals surface area contributed by atoms with Crippen molar-refractivity contribution in [3.05, 3.63) is 58.8 Å². The molecule has 0 spiro atoms. The van der Waals surface area contributed by atoms with Gasteiger partial charge in [0.2, 0.25) is 0 Å². The summed E-state index contributed by atoms with van der Waals surface area (Å²) in [5.74, 6) is -0.00596. The fraction of sp³-hybridized carbons (Fsp3) is 0.444. The third-order valence-electron chi connectivity index (χ3n) is 4.61. The highest BCUT2D eigenvalue weighted by molar-refractivity contribution is 7.49. The Hall–Kier alpha value is -2.45. The highest BCUT2D eigenvalue weighted by Crippen LogP contribution is 2.55. The van der Waals surface area contributed by atoms with Crippen LogP contribution >= 0.6 is 15.6 Å². The van der Waals surface area contributed by atoms with E-state index in [9.17, 15) is 13.9 Å². The molecule has 0 amide bonds. The molecule has 12 heteroatoms. The van der Waals surface area contributed by atoms with Crippen molar-refractivity contribution in [2.45, 2.75) is 79.8 Å². The van der Waals surface area contributed by atoms with Crippen LogP contribution in [-0.4, -0.2) is 24.4 Å². The molecule has 0 unspecified atom stereocenters. The van der Waals surface area contributed by atoms with E-state index in [0.717, 1.165) is 0 Å². The number of phosphoric ester groups is 2. The molecule has 0 saturated heterocycles. The number of fused-ring (bicyclic) bond motifs is 1. The highest BCUT2D eigenvalue weighted by Gasteiger charge is 2.35. The molecule has 0 fully saturated rings. The van der Waals surface area contributed by atoms with E-state index in [4.69, 9.17) is 31.6 Å². The van der Waals surface area contributed by atoms with Crippen LogP contribution in [0.5, 0.6) is 11.5 Å². The van der Waals surface area contributed by atoms with E-state index in [1.807, 2.05) is 6.07 Å². The van der Waals surface area contributed by atoms with Crippen LogP contribution in [0.3, 0.4) is 0 Å². The fourth-order valence-corrected chi connectivity index (χ4v) is 6.60. The van der Waals surface area contributed by atoms with E-state index in [0.29, 0.717) is 5.56 Å². The van der Waals surface area contributed by atoms with Gasteiger partial charge < -0.3 is 13.5 Å². The molecular weight excluding hydrogens is 546 g/mol. The third-order valence-corrected chi connectivity index (χ3v) is 8.19. The first-order valence-corrected chi connectivity index (χ1v) is 15.6. The predicted octanol–water partition coefficient (Wildman–Crippen LogP) is 8.13. The highest BCUT2D eigenvalue weighted by atomic mass is 31.2. The molecule has 10 nitrogen and oxygen atoms in total. The Morgan fingerprint density at radius 2 is 1.15 bits per heavy atom. The van der Waals surface area contributed by atoms with Crippen LogP contribution in [0.1, 0.15) is 55.4 Å². The summed E-state index contributed by atoms with van der Waals surface area (Å²) in [6.45, 7) is 13.4. The minimum Gasteiger partial charge on any atom is -0.456 e. The summed E-state index contributed by atoms with van der Waals surface area (Å²) in [6.07, 6.45) is -2.04. The SMILES string of the molecule is CC(C)OP(=O)(Oc1cc(OP(=O)(OC(C)C)OC(C)C)c2c(=O)cc(-c3ccccc3)oc2c1)OC(C)C. The minimum atomic E-state index is -4.23. The lowest BCUT2D eigenvalue weighted by atomic mass is 10.1. The number of rotatable bonds is 13. The summed E-state index contributed by atoms with van der Waals surface area (Å²) < 4.78 is 66.7. The van der Waals surface area contributed by atoms with E-state index in [1.54, 1.807) is 79.7 Å². The van der Waals surface area contributed by atoms with Gasteiger partial charge in [-0.3, -0.25) is 22.9 Å². The Balaban J connectivity index is 2.23. The maximum atomic E-state index is 13.6. The molecule has 2 aromatic carbocycles. The standard InChI is InChI=1S/C27H36O10P2/c1-17(2)32-38(29,33-18(3)4)36-22-14-25-27(23(28)16-24(31-25)21-12-10-9-11-13-21)26(15-22)37-39(30,34-19(5)6)35-20(7)8/h9-20H,1-8H3. The van der Waals surface area contributed by atoms with E-state index in [-0.39, 0.29) is 28.2 Å². The first-order valence-electron chi connectivity index (χ1n) is 12.7. The van der Waals surface area contributed by atoms with Crippen LogP contribution in [0.4, 0.5) is 0 Å². The number of benzene rings is 2. The van der Waals surface area contributed by atoms with Gasteiger partial charge in [-0.1, -0.05) is 30.3 Å². The summed E-state index contributed by atoms with van der Waals surface area (Å²) in [5.41, 5.74) is 0.201. The minimum absolute atomic E-state index is 0.0233. The number of hydrogen-bond donors (Lipinski definition) is 0. The molecule has 0 saturated carbocycles. The van der Waals surface area contributed by atoms with Crippen LogP contribution in [0.2, 0.25) is 0 Å². The predicted molar refractivity (Wildman–Crippen MR) is 149 cm³/mol. The Morgan fingerprint density at radius 1 is 0.667 bits per heavy atom. The van der Waals surface area contributed by atoms with Crippen molar-refractivity contribution in [3.63, 3.8) is 0 Å². The fourth-order valence-electron chi connectivity index (χ4n) is 3.52. The Kier molecular flexibility index (Phi) is 10.2. The zero-order valence-corrected chi connectivity index (χ0v) is 25.2. The monoisotopic (exact) mass is 582 g/mol. The maximum absolute atomic E-state index is 13.6. The molecule has 0 aliphatic heterocycles. The summed E-state index contributed by atoms with van der Waals surface area (Å²) in [4.78, 5) is 13.4. The van der Waals surface area contributed by atoms with Gasteiger partial charge in [0.1, 0.15) is 28.2 Å². The first kappa shape index (κ1) is 31.1. The smallest absolute Gasteiger partial charge is 0.456 e. The molecule has 3 rings (SSSR count). The van der Waals surface area contributed by atoms with Gasteiger partial charge in [-0.15, -0.1) is 0 Å². The van der Waals surface area contributed by atoms with Gasteiger partial charge in [0.15, 0.2) is 5.43 Å². The summed E-state index contributed by atoms with van der Waals surface area (Å²) in [5, 5.41) is -0.0358. The zero-order chi connectivity index (χ0) is 29.0. The molecule has 0 N–H and O–H groups in total. The van der Waals surface area contributed by atoms with Crippen molar-refractivity contribution < 1.29 is 40.7 Å². The lowest BCUT2D eigenvalue weighted by Gasteiger charge is -2.24. The van der Waals surface area contributed by atoms with Crippen molar-refractivity contribution in [1.82, 2.24) is 0 Å². The van der Waals surface area contributed by atoms with Crippen LogP contribution in [0.25, 0.3) is 22.3 Å². The van der Waals surface area contributed by atoms with Crippen molar-refractivity contribution >= 4 is 26.6 Å². The molecule has 39 heavy (non-hydrogen) atoms. The van der Waals surface area contributed by atoms with Crippen molar-refractivity contribution in [3.8, 4) is 22.8 Å². The van der Waals surface area contributed by atoms with Gasteiger partial charge in [-0.2, -0.15) is 0 Å². The van der Waals surface area contributed by atoms with E-state index < -0.39 is 45.5 Å². The lowest BCUT2D eigenvalue weighted by molar-refractivity contribution is 0.103. The third kappa shape index (κ3) is 8.77.